The number of esters is 1. The van der Waals surface area contributed by atoms with E-state index in [1.54, 1.807) is 41.8 Å². The lowest BCUT2D eigenvalue weighted by atomic mass is 10.1. The van der Waals surface area contributed by atoms with Crippen LogP contribution >= 0.6 is 23.1 Å². The molecule has 12 heteroatoms. The quantitative estimate of drug-likeness (QED) is 0.188. The lowest BCUT2D eigenvalue weighted by Crippen LogP contribution is -2.16. The summed E-state index contributed by atoms with van der Waals surface area (Å²) < 4.78 is 32.7. The van der Waals surface area contributed by atoms with Crippen molar-refractivity contribution in [3.63, 3.8) is 0 Å². The molecule has 0 atom stereocenters. The zero-order valence-electron chi connectivity index (χ0n) is 21.7. The molecule has 0 unspecified atom stereocenters. The van der Waals surface area contributed by atoms with Crippen molar-refractivity contribution >= 4 is 49.8 Å². The number of aryl methyl sites for hydroxylation is 1. The van der Waals surface area contributed by atoms with E-state index >= 15 is 0 Å². The van der Waals surface area contributed by atoms with Gasteiger partial charge >= 0.3 is 5.97 Å². The van der Waals surface area contributed by atoms with Gasteiger partial charge in [0, 0.05) is 11.4 Å². The van der Waals surface area contributed by atoms with Crippen LogP contribution in [-0.2, 0) is 31.7 Å². The van der Waals surface area contributed by atoms with E-state index in [1.807, 2.05) is 44.2 Å². The van der Waals surface area contributed by atoms with Crippen LogP contribution in [0, 0.1) is 6.92 Å². The second-order valence-electron chi connectivity index (χ2n) is 8.49. The summed E-state index contributed by atoms with van der Waals surface area (Å²) in [7, 11) is -3.61. The van der Waals surface area contributed by atoms with Crippen LogP contribution in [-0.4, -0.2) is 47.4 Å². The van der Waals surface area contributed by atoms with Crippen LogP contribution in [0.4, 0.5) is 5.00 Å². The van der Waals surface area contributed by atoms with Crippen molar-refractivity contribution in [1.29, 1.82) is 0 Å². The Kier molecular flexibility index (Phi) is 9.20. The number of nitrogens with one attached hydrogen (secondary N) is 1. The van der Waals surface area contributed by atoms with E-state index in [1.165, 1.54) is 11.3 Å². The summed E-state index contributed by atoms with van der Waals surface area (Å²) in [5.74, 6) is -0.861. The van der Waals surface area contributed by atoms with Gasteiger partial charge in [-0.2, -0.15) is 0 Å². The molecule has 0 aliphatic rings. The highest BCUT2D eigenvalue weighted by Gasteiger charge is 2.23. The zero-order chi connectivity index (χ0) is 28.0. The molecule has 0 aliphatic carbocycles. The van der Waals surface area contributed by atoms with Crippen LogP contribution in [0.2, 0.25) is 0 Å². The second kappa shape index (κ2) is 12.6. The second-order valence-corrected chi connectivity index (χ2v) is 12.5. The molecule has 39 heavy (non-hydrogen) atoms. The van der Waals surface area contributed by atoms with Crippen LogP contribution in [0.3, 0.4) is 0 Å². The molecule has 4 aromatic rings. The van der Waals surface area contributed by atoms with Crippen molar-refractivity contribution in [1.82, 2.24) is 14.8 Å². The molecule has 2 heterocycles. The Morgan fingerprint density at radius 2 is 1.77 bits per heavy atom. The van der Waals surface area contributed by atoms with Gasteiger partial charge in [-0.25, -0.2) is 13.2 Å². The van der Waals surface area contributed by atoms with Gasteiger partial charge in [0.05, 0.1) is 22.8 Å². The summed E-state index contributed by atoms with van der Waals surface area (Å²) in [6, 6.07) is 17.9. The van der Waals surface area contributed by atoms with Gasteiger partial charge < -0.3 is 14.6 Å². The number of thioether (sulfide) groups is 1. The number of amides is 1. The van der Waals surface area contributed by atoms with E-state index in [0.29, 0.717) is 28.1 Å². The Hall–Kier alpha value is -3.48. The van der Waals surface area contributed by atoms with E-state index < -0.39 is 15.8 Å². The molecule has 0 aliphatic heterocycles. The maximum atomic E-state index is 12.9. The molecule has 0 saturated carbocycles. The fourth-order valence-electron chi connectivity index (χ4n) is 3.73. The summed E-state index contributed by atoms with van der Waals surface area (Å²) in [5.41, 5.74) is 2.18. The molecular weight excluding hydrogens is 557 g/mol. The number of rotatable bonds is 11. The summed E-state index contributed by atoms with van der Waals surface area (Å²) in [6.07, 6.45) is 0. The first-order valence-electron chi connectivity index (χ1n) is 12.2. The predicted octanol–water partition coefficient (Wildman–Crippen LogP) is 5.22. The number of ether oxygens (including phenoxy) is 1. The minimum atomic E-state index is -3.61. The maximum absolute atomic E-state index is 12.9. The average molecular weight is 585 g/mol. The summed E-state index contributed by atoms with van der Waals surface area (Å²) in [6.45, 7) is 6.13. The molecule has 4 rings (SSSR count). The Morgan fingerprint density at radius 3 is 2.44 bits per heavy atom. The van der Waals surface area contributed by atoms with Crippen molar-refractivity contribution in [3.05, 3.63) is 77.6 Å². The van der Waals surface area contributed by atoms with Crippen molar-refractivity contribution in [2.75, 3.05) is 17.7 Å². The Labute approximate surface area is 235 Å². The first kappa shape index (κ1) is 28.5. The van der Waals surface area contributed by atoms with Crippen LogP contribution in [0.15, 0.2) is 70.7 Å². The molecule has 0 saturated heterocycles. The molecule has 0 spiro atoms. The molecule has 2 aromatic heterocycles. The summed E-state index contributed by atoms with van der Waals surface area (Å²) in [4.78, 5) is 26.5. The minimum Gasteiger partial charge on any atom is -0.462 e. The van der Waals surface area contributed by atoms with Crippen LogP contribution in [0.1, 0.15) is 35.6 Å². The zero-order valence-corrected chi connectivity index (χ0v) is 24.2. The molecule has 204 valence electrons. The largest absolute Gasteiger partial charge is 0.462 e. The maximum Gasteiger partial charge on any atom is 0.341 e. The molecule has 9 nitrogen and oxygen atoms in total. The van der Waals surface area contributed by atoms with Crippen molar-refractivity contribution in [3.8, 4) is 10.4 Å². The lowest BCUT2D eigenvalue weighted by Gasteiger charge is -2.09. The number of carbonyl (C=O) groups excluding carboxylic acids is 2. The highest BCUT2D eigenvalue weighted by Crippen LogP contribution is 2.36. The predicted molar refractivity (Wildman–Crippen MR) is 153 cm³/mol. The molecular formula is C27H28N4O5S3. The number of aromatic nitrogens is 3. The normalized spacial score (nSPS) is 11.4. The monoisotopic (exact) mass is 584 g/mol. The highest BCUT2D eigenvalue weighted by molar-refractivity contribution is 7.99. The minimum absolute atomic E-state index is 0.0102. The summed E-state index contributed by atoms with van der Waals surface area (Å²) in [5, 5.41) is 11.9. The smallest absolute Gasteiger partial charge is 0.341 e. The van der Waals surface area contributed by atoms with Crippen LogP contribution in [0.25, 0.3) is 10.4 Å². The van der Waals surface area contributed by atoms with Crippen LogP contribution in [0.5, 0.6) is 0 Å². The molecule has 1 amide bonds. The Morgan fingerprint density at radius 1 is 1.05 bits per heavy atom. The van der Waals surface area contributed by atoms with Crippen molar-refractivity contribution in [2.45, 2.75) is 43.1 Å². The molecule has 0 radical (unpaired) electrons. The third kappa shape index (κ3) is 6.94. The third-order valence-electron chi connectivity index (χ3n) is 5.68. The van der Waals surface area contributed by atoms with Gasteiger partial charge in [-0.05, 0) is 44.5 Å². The molecule has 0 fully saturated rings. The number of carbonyl (C=O) groups is 2. The number of thiophene rings is 1. The number of nitrogens with zero attached hydrogens (tertiary/aromatic N) is 3. The standard InChI is InChI=1S/C27H28N4O5S3/c1-4-31-23(17-39(34,35)20-13-11-18(3)12-14-20)29-30-27(31)37-16-24(32)28-25-21(26(33)36-5-2)15-22(38-25)19-9-7-6-8-10-19/h6-15H,4-5,16-17H2,1-3H3,(H,28,32). The van der Waals surface area contributed by atoms with Gasteiger partial charge in [-0.3, -0.25) is 4.79 Å². The van der Waals surface area contributed by atoms with Gasteiger partial charge in [0.1, 0.15) is 16.6 Å². The van der Waals surface area contributed by atoms with Gasteiger partial charge in [0.25, 0.3) is 0 Å². The van der Waals surface area contributed by atoms with Crippen LogP contribution < -0.4 is 5.32 Å². The SMILES string of the molecule is CCOC(=O)c1cc(-c2ccccc2)sc1NC(=O)CSc1nnc(CS(=O)(=O)c2ccc(C)cc2)n1CC. The van der Waals surface area contributed by atoms with Crippen molar-refractivity contribution < 1.29 is 22.7 Å². The van der Waals surface area contributed by atoms with E-state index in [9.17, 15) is 18.0 Å². The average Bonchev–Trinajstić information content (AvgIpc) is 3.51. The molecule has 0 bridgehead atoms. The number of anilines is 1. The number of benzene rings is 2. The fourth-order valence-corrected chi connectivity index (χ4v) is 6.89. The van der Waals surface area contributed by atoms with Gasteiger partial charge in [0.15, 0.2) is 15.0 Å². The first-order valence-corrected chi connectivity index (χ1v) is 15.7. The topological polar surface area (TPSA) is 120 Å². The van der Waals surface area contributed by atoms with Gasteiger partial charge in [0.2, 0.25) is 5.91 Å². The molecule has 1 N–H and O–H groups in total. The van der Waals surface area contributed by atoms with E-state index in [2.05, 4.69) is 15.5 Å². The lowest BCUT2D eigenvalue weighted by molar-refractivity contribution is -0.113. The Bertz CT molecular complexity index is 1560. The highest BCUT2D eigenvalue weighted by atomic mass is 32.2. The first-order chi connectivity index (χ1) is 18.7. The van der Waals surface area contributed by atoms with Crippen molar-refractivity contribution in [2.24, 2.45) is 0 Å². The van der Waals surface area contributed by atoms with Gasteiger partial charge in [-0.15, -0.1) is 21.5 Å². The van der Waals surface area contributed by atoms with E-state index in [4.69, 9.17) is 4.74 Å². The molecule has 2 aromatic carbocycles. The summed E-state index contributed by atoms with van der Waals surface area (Å²) >= 11 is 2.43. The fraction of sp³-hybridized carbons (Fsp3) is 0.259. The van der Waals surface area contributed by atoms with E-state index in [-0.39, 0.29) is 28.9 Å². The number of hydrogen-bond acceptors (Lipinski definition) is 9. The van der Waals surface area contributed by atoms with E-state index in [0.717, 1.165) is 27.8 Å². The Balaban J connectivity index is 1.47. The third-order valence-corrected chi connectivity index (χ3v) is 9.37. The number of sulfone groups is 1. The van der Waals surface area contributed by atoms with Gasteiger partial charge in [-0.1, -0.05) is 59.8 Å². The number of hydrogen-bond donors (Lipinski definition) is 1.